The van der Waals surface area contributed by atoms with Crippen LogP contribution in [0.5, 0.6) is 0 Å². The number of esters is 2. The topological polar surface area (TPSA) is 52.6 Å². The van der Waals surface area contributed by atoms with Crippen molar-refractivity contribution in [3.8, 4) is 0 Å². The number of carbonyl (C=O) groups excluding carboxylic acids is 2. The van der Waals surface area contributed by atoms with Gasteiger partial charge in [0.25, 0.3) is 0 Å². The third kappa shape index (κ3) is 7.81. The van der Waals surface area contributed by atoms with Crippen LogP contribution in [-0.2, 0) is 25.7 Å². The van der Waals surface area contributed by atoms with Crippen LogP contribution in [-0.4, -0.2) is 18.0 Å². The van der Waals surface area contributed by atoms with Gasteiger partial charge in [0.05, 0.1) is 5.56 Å². The zero-order valence-corrected chi connectivity index (χ0v) is 16.9. The molecule has 0 aliphatic rings. The van der Waals surface area contributed by atoms with Crippen LogP contribution in [0.1, 0.15) is 58.4 Å². The second-order valence-corrected chi connectivity index (χ2v) is 7.34. The van der Waals surface area contributed by atoms with Crippen LogP contribution in [0.3, 0.4) is 0 Å². The predicted octanol–water partition coefficient (Wildman–Crippen LogP) is 5.31. The van der Waals surface area contributed by atoms with Gasteiger partial charge in [-0.25, -0.2) is 8.78 Å². The van der Waals surface area contributed by atoms with Crippen LogP contribution >= 0.6 is 15.9 Å². The van der Waals surface area contributed by atoms with Crippen LogP contribution in [0.4, 0.5) is 8.78 Å². The molecular formula is C19H25BrF2O4. The van der Waals surface area contributed by atoms with E-state index < -0.39 is 24.2 Å². The number of rotatable bonds is 10. The molecule has 146 valence electrons. The first kappa shape index (κ1) is 22.5. The lowest BCUT2D eigenvalue weighted by Crippen LogP contribution is -2.23. The van der Waals surface area contributed by atoms with Crippen molar-refractivity contribution in [2.75, 3.05) is 0 Å². The second-order valence-electron chi connectivity index (χ2n) is 6.42. The Morgan fingerprint density at radius 3 is 2.23 bits per heavy atom. The van der Waals surface area contributed by atoms with Gasteiger partial charge in [0.1, 0.15) is 24.3 Å². The maximum Gasteiger partial charge on any atom is 0.306 e. The van der Waals surface area contributed by atoms with Crippen molar-refractivity contribution in [1.82, 2.24) is 0 Å². The highest BCUT2D eigenvalue weighted by atomic mass is 79.9. The van der Waals surface area contributed by atoms with Crippen molar-refractivity contribution in [2.24, 2.45) is 5.92 Å². The maximum absolute atomic E-state index is 13.6. The SMILES string of the molecule is CCCC(OC(=O)CCCC(=O)OCc1c(F)cc(Br)cc1F)C(C)C. The van der Waals surface area contributed by atoms with Gasteiger partial charge >= 0.3 is 11.9 Å². The Kier molecular flexibility index (Phi) is 9.76. The lowest BCUT2D eigenvalue weighted by Gasteiger charge is -2.20. The standard InChI is InChI=1S/C19H25BrF2O4/c1-4-6-17(12(2)3)26-19(24)8-5-7-18(23)25-11-14-15(21)9-13(20)10-16(14)22/h9-10,12,17H,4-8,11H2,1-3H3. The van der Waals surface area contributed by atoms with Crippen molar-refractivity contribution < 1.29 is 27.8 Å². The molecule has 0 aliphatic carbocycles. The fourth-order valence-corrected chi connectivity index (χ4v) is 2.75. The lowest BCUT2D eigenvalue weighted by molar-refractivity contribution is -0.152. The molecule has 7 heteroatoms. The molecule has 1 atom stereocenters. The molecule has 0 aliphatic heterocycles. The monoisotopic (exact) mass is 434 g/mol. The summed E-state index contributed by atoms with van der Waals surface area (Å²) in [5.74, 6) is -2.31. The fraction of sp³-hybridized carbons (Fsp3) is 0.579. The number of halogens is 3. The van der Waals surface area contributed by atoms with E-state index in [1.165, 1.54) is 0 Å². The molecule has 0 saturated heterocycles. The van der Waals surface area contributed by atoms with E-state index in [0.29, 0.717) is 0 Å². The Labute approximate surface area is 161 Å². The number of ether oxygens (including phenoxy) is 2. The summed E-state index contributed by atoms with van der Waals surface area (Å²) in [6, 6.07) is 2.20. The van der Waals surface area contributed by atoms with E-state index in [1.807, 2.05) is 20.8 Å². The average molecular weight is 435 g/mol. The molecule has 4 nitrogen and oxygen atoms in total. The van der Waals surface area contributed by atoms with Crippen LogP contribution in [0.2, 0.25) is 0 Å². The Hall–Kier alpha value is -1.50. The number of benzene rings is 1. The molecule has 0 heterocycles. The third-order valence-corrected chi connectivity index (χ3v) is 4.30. The summed E-state index contributed by atoms with van der Waals surface area (Å²) in [5.41, 5.74) is -0.305. The van der Waals surface area contributed by atoms with Crippen molar-refractivity contribution in [3.63, 3.8) is 0 Å². The molecule has 0 amide bonds. The molecule has 0 radical (unpaired) electrons. The third-order valence-electron chi connectivity index (χ3n) is 3.84. The second kappa shape index (κ2) is 11.3. The van der Waals surface area contributed by atoms with Gasteiger partial charge in [-0.1, -0.05) is 43.1 Å². The van der Waals surface area contributed by atoms with Crippen LogP contribution in [0.15, 0.2) is 16.6 Å². The highest BCUT2D eigenvalue weighted by Crippen LogP contribution is 2.20. The number of hydrogen-bond donors (Lipinski definition) is 0. The van der Waals surface area contributed by atoms with Crippen molar-refractivity contribution in [3.05, 3.63) is 33.8 Å². The van der Waals surface area contributed by atoms with Gasteiger partial charge in [0, 0.05) is 17.3 Å². The van der Waals surface area contributed by atoms with E-state index in [9.17, 15) is 18.4 Å². The summed E-state index contributed by atoms with van der Waals surface area (Å²) in [6.07, 6.45) is 1.95. The quantitative estimate of drug-likeness (QED) is 0.468. The largest absolute Gasteiger partial charge is 0.462 e. The summed E-state index contributed by atoms with van der Waals surface area (Å²) < 4.78 is 37.9. The van der Waals surface area contributed by atoms with Crippen LogP contribution < -0.4 is 0 Å². The molecule has 0 aromatic heterocycles. The normalized spacial score (nSPS) is 12.1. The van der Waals surface area contributed by atoms with E-state index >= 15 is 0 Å². The molecule has 0 spiro atoms. The highest BCUT2D eigenvalue weighted by Gasteiger charge is 2.18. The van der Waals surface area contributed by atoms with Crippen LogP contribution in [0, 0.1) is 17.6 Å². The van der Waals surface area contributed by atoms with E-state index in [2.05, 4.69) is 15.9 Å². The highest BCUT2D eigenvalue weighted by molar-refractivity contribution is 9.10. The summed E-state index contributed by atoms with van der Waals surface area (Å²) in [4.78, 5) is 23.5. The average Bonchev–Trinajstić information content (AvgIpc) is 2.53. The smallest absolute Gasteiger partial charge is 0.306 e. The van der Waals surface area contributed by atoms with E-state index in [0.717, 1.165) is 25.0 Å². The summed E-state index contributed by atoms with van der Waals surface area (Å²) in [7, 11) is 0. The van der Waals surface area contributed by atoms with Gasteiger partial charge in [-0.05, 0) is 30.9 Å². The Bertz CT molecular complexity index is 597. The fourth-order valence-electron chi connectivity index (χ4n) is 2.35. The molecular weight excluding hydrogens is 410 g/mol. The van der Waals surface area contributed by atoms with E-state index in [-0.39, 0.29) is 47.3 Å². The molecule has 26 heavy (non-hydrogen) atoms. The summed E-state index contributed by atoms with van der Waals surface area (Å²) in [5, 5.41) is 0. The number of hydrogen-bond acceptors (Lipinski definition) is 4. The molecule has 0 bridgehead atoms. The summed E-state index contributed by atoms with van der Waals surface area (Å²) in [6.45, 7) is 5.52. The minimum absolute atomic E-state index is 0.0189. The first-order valence-electron chi connectivity index (χ1n) is 8.73. The van der Waals surface area contributed by atoms with Gasteiger partial charge in [-0.3, -0.25) is 9.59 Å². The minimum Gasteiger partial charge on any atom is -0.462 e. The van der Waals surface area contributed by atoms with Gasteiger partial charge in [-0.2, -0.15) is 0 Å². The zero-order chi connectivity index (χ0) is 19.7. The molecule has 0 fully saturated rings. The van der Waals surface area contributed by atoms with Crippen LogP contribution in [0.25, 0.3) is 0 Å². The Morgan fingerprint density at radius 1 is 1.12 bits per heavy atom. The van der Waals surface area contributed by atoms with Crippen molar-refractivity contribution in [1.29, 1.82) is 0 Å². The van der Waals surface area contributed by atoms with Gasteiger partial charge < -0.3 is 9.47 Å². The van der Waals surface area contributed by atoms with Gasteiger partial charge in [0.15, 0.2) is 0 Å². The molecule has 1 aromatic rings. The molecule has 1 rings (SSSR count). The minimum atomic E-state index is -0.788. The zero-order valence-electron chi connectivity index (χ0n) is 15.3. The van der Waals surface area contributed by atoms with Crippen molar-refractivity contribution in [2.45, 2.75) is 65.6 Å². The van der Waals surface area contributed by atoms with E-state index in [1.54, 1.807) is 0 Å². The van der Waals surface area contributed by atoms with E-state index in [4.69, 9.17) is 9.47 Å². The molecule has 0 saturated carbocycles. The summed E-state index contributed by atoms with van der Waals surface area (Å²) >= 11 is 2.98. The van der Waals surface area contributed by atoms with Gasteiger partial charge in [-0.15, -0.1) is 0 Å². The Balaban J connectivity index is 2.36. The lowest BCUT2D eigenvalue weighted by atomic mass is 10.0. The maximum atomic E-state index is 13.6. The molecule has 1 unspecified atom stereocenters. The van der Waals surface area contributed by atoms with Crippen molar-refractivity contribution >= 4 is 27.9 Å². The first-order valence-corrected chi connectivity index (χ1v) is 9.52. The molecule has 1 aromatic carbocycles. The Morgan fingerprint density at radius 2 is 1.69 bits per heavy atom. The number of carbonyl (C=O) groups is 2. The first-order chi connectivity index (χ1) is 12.2. The van der Waals surface area contributed by atoms with Gasteiger partial charge in [0.2, 0.25) is 0 Å². The predicted molar refractivity (Wildman–Crippen MR) is 97.3 cm³/mol. The molecule has 0 N–H and O–H groups in total.